The molecule has 2 rings (SSSR count). The first-order valence-corrected chi connectivity index (χ1v) is 8.94. The van der Waals surface area contributed by atoms with Crippen LogP contribution in [0.25, 0.3) is 0 Å². The van der Waals surface area contributed by atoms with E-state index in [4.69, 9.17) is 4.74 Å². The molecule has 7 heteroatoms. The van der Waals surface area contributed by atoms with Gasteiger partial charge < -0.3 is 20.3 Å². The number of hydrogen-bond donors (Lipinski definition) is 2. The number of methoxy groups -OCH3 is 1. The maximum Gasteiger partial charge on any atom is 0.251 e. The maximum atomic E-state index is 12.3. The lowest BCUT2D eigenvalue weighted by atomic mass is 10.1. The van der Waals surface area contributed by atoms with Crippen LogP contribution in [0.3, 0.4) is 0 Å². The Kier molecular flexibility index (Phi) is 7.00. The topological polar surface area (TPSA) is 87.7 Å². The zero-order valence-corrected chi connectivity index (χ0v) is 15.6. The Labute approximate surface area is 154 Å². The number of amides is 3. The van der Waals surface area contributed by atoms with Crippen LogP contribution in [0.15, 0.2) is 24.3 Å². The highest BCUT2D eigenvalue weighted by Gasteiger charge is 2.34. The Morgan fingerprint density at radius 2 is 1.81 bits per heavy atom. The van der Waals surface area contributed by atoms with E-state index in [1.807, 2.05) is 13.8 Å². The SMILES string of the molecule is COc1ccc(C(=O)NCCNC(=O)C2CCCN2C(=O)C(C)C)cc1. The summed E-state index contributed by atoms with van der Waals surface area (Å²) in [7, 11) is 1.57. The van der Waals surface area contributed by atoms with Crippen molar-refractivity contribution in [2.45, 2.75) is 32.7 Å². The molecule has 7 nitrogen and oxygen atoms in total. The lowest BCUT2D eigenvalue weighted by Crippen LogP contribution is -2.48. The summed E-state index contributed by atoms with van der Waals surface area (Å²) in [6.45, 7) is 4.94. The number of nitrogens with one attached hydrogen (secondary N) is 2. The van der Waals surface area contributed by atoms with E-state index >= 15 is 0 Å². The quantitative estimate of drug-likeness (QED) is 0.714. The predicted molar refractivity (Wildman–Crippen MR) is 97.9 cm³/mol. The second kappa shape index (κ2) is 9.22. The third-order valence-corrected chi connectivity index (χ3v) is 4.39. The normalized spacial score (nSPS) is 16.5. The fourth-order valence-electron chi connectivity index (χ4n) is 2.96. The molecule has 1 aromatic rings. The second-order valence-electron chi connectivity index (χ2n) is 6.62. The van der Waals surface area contributed by atoms with Crippen LogP contribution in [0.4, 0.5) is 0 Å². The average Bonchev–Trinajstić information content (AvgIpc) is 3.14. The molecule has 1 unspecified atom stereocenters. The fraction of sp³-hybridized carbons (Fsp3) is 0.526. The largest absolute Gasteiger partial charge is 0.497 e. The van der Waals surface area contributed by atoms with E-state index in [1.54, 1.807) is 36.3 Å². The van der Waals surface area contributed by atoms with Crippen molar-refractivity contribution < 1.29 is 19.1 Å². The number of rotatable bonds is 7. The molecule has 0 saturated carbocycles. The Bertz CT molecular complexity index is 643. The van der Waals surface area contributed by atoms with Crippen molar-refractivity contribution in [3.63, 3.8) is 0 Å². The molecule has 26 heavy (non-hydrogen) atoms. The lowest BCUT2D eigenvalue weighted by Gasteiger charge is -2.25. The monoisotopic (exact) mass is 361 g/mol. The van der Waals surface area contributed by atoms with E-state index in [-0.39, 0.29) is 23.6 Å². The van der Waals surface area contributed by atoms with Crippen LogP contribution in [0, 0.1) is 5.92 Å². The highest BCUT2D eigenvalue weighted by atomic mass is 16.5. The Hall–Kier alpha value is -2.57. The van der Waals surface area contributed by atoms with Crippen molar-refractivity contribution >= 4 is 17.7 Å². The molecule has 0 radical (unpaired) electrons. The van der Waals surface area contributed by atoms with Gasteiger partial charge in [0.05, 0.1) is 7.11 Å². The average molecular weight is 361 g/mol. The van der Waals surface area contributed by atoms with E-state index < -0.39 is 6.04 Å². The van der Waals surface area contributed by atoms with Crippen molar-refractivity contribution in [3.8, 4) is 5.75 Å². The smallest absolute Gasteiger partial charge is 0.251 e. The summed E-state index contributed by atoms with van der Waals surface area (Å²) in [6.07, 6.45) is 1.52. The Morgan fingerprint density at radius 3 is 2.42 bits per heavy atom. The lowest BCUT2D eigenvalue weighted by molar-refractivity contribution is -0.140. The van der Waals surface area contributed by atoms with Crippen LogP contribution in [-0.2, 0) is 9.59 Å². The van der Waals surface area contributed by atoms with Gasteiger partial charge in [-0.15, -0.1) is 0 Å². The van der Waals surface area contributed by atoms with E-state index in [0.717, 1.165) is 6.42 Å². The molecule has 1 fully saturated rings. The van der Waals surface area contributed by atoms with E-state index in [2.05, 4.69) is 10.6 Å². The van der Waals surface area contributed by atoms with Crippen molar-refractivity contribution in [1.82, 2.24) is 15.5 Å². The Morgan fingerprint density at radius 1 is 1.15 bits per heavy atom. The first-order valence-electron chi connectivity index (χ1n) is 8.94. The molecule has 1 aliphatic heterocycles. The predicted octanol–water partition coefficient (Wildman–Crippen LogP) is 1.19. The zero-order chi connectivity index (χ0) is 19.1. The summed E-state index contributed by atoms with van der Waals surface area (Å²) in [5.74, 6) is 0.211. The van der Waals surface area contributed by atoms with Gasteiger partial charge in [0.25, 0.3) is 5.91 Å². The summed E-state index contributed by atoms with van der Waals surface area (Å²) in [5, 5.41) is 5.57. The molecule has 0 aliphatic carbocycles. The standard InChI is InChI=1S/C19H27N3O4/c1-13(2)19(25)22-12-4-5-16(22)18(24)21-11-10-20-17(23)14-6-8-15(26-3)9-7-14/h6-9,13,16H,4-5,10-12H2,1-3H3,(H,20,23)(H,21,24). The highest BCUT2D eigenvalue weighted by molar-refractivity contribution is 5.94. The molecule has 3 amide bonds. The summed E-state index contributed by atoms with van der Waals surface area (Å²) < 4.78 is 5.06. The number of carbonyl (C=O) groups excluding carboxylic acids is 3. The van der Waals surface area contributed by atoms with Gasteiger partial charge in [0.1, 0.15) is 11.8 Å². The van der Waals surface area contributed by atoms with Gasteiger partial charge in [-0.3, -0.25) is 14.4 Å². The van der Waals surface area contributed by atoms with Gasteiger partial charge >= 0.3 is 0 Å². The summed E-state index contributed by atoms with van der Waals surface area (Å²) in [6, 6.07) is 6.40. The summed E-state index contributed by atoms with van der Waals surface area (Å²) >= 11 is 0. The van der Waals surface area contributed by atoms with Crippen LogP contribution in [0.1, 0.15) is 37.0 Å². The van der Waals surface area contributed by atoms with Crippen molar-refractivity contribution in [3.05, 3.63) is 29.8 Å². The third kappa shape index (κ3) is 4.97. The molecule has 0 bridgehead atoms. The number of benzene rings is 1. The minimum Gasteiger partial charge on any atom is -0.497 e. The van der Waals surface area contributed by atoms with Crippen LogP contribution in [-0.4, -0.2) is 55.4 Å². The van der Waals surface area contributed by atoms with Crippen LogP contribution in [0.5, 0.6) is 5.75 Å². The van der Waals surface area contributed by atoms with Gasteiger partial charge in [-0.25, -0.2) is 0 Å². The number of likely N-dealkylation sites (tertiary alicyclic amines) is 1. The van der Waals surface area contributed by atoms with Crippen molar-refractivity contribution in [2.75, 3.05) is 26.7 Å². The molecular formula is C19H27N3O4. The first kappa shape index (κ1) is 19.8. The molecule has 1 atom stereocenters. The van der Waals surface area contributed by atoms with Gasteiger partial charge in [-0.1, -0.05) is 13.8 Å². The fourth-order valence-corrected chi connectivity index (χ4v) is 2.96. The van der Waals surface area contributed by atoms with Crippen molar-refractivity contribution in [1.29, 1.82) is 0 Å². The van der Waals surface area contributed by atoms with E-state index in [9.17, 15) is 14.4 Å². The molecule has 0 aromatic heterocycles. The van der Waals surface area contributed by atoms with Gasteiger partial charge in [-0.05, 0) is 37.1 Å². The second-order valence-corrected chi connectivity index (χ2v) is 6.62. The van der Waals surface area contributed by atoms with Crippen LogP contribution < -0.4 is 15.4 Å². The molecular weight excluding hydrogens is 334 g/mol. The molecule has 0 spiro atoms. The molecule has 142 valence electrons. The first-order chi connectivity index (χ1) is 12.4. The van der Waals surface area contributed by atoms with Crippen molar-refractivity contribution in [2.24, 2.45) is 5.92 Å². The third-order valence-electron chi connectivity index (χ3n) is 4.39. The number of hydrogen-bond acceptors (Lipinski definition) is 4. The van der Waals surface area contributed by atoms with E-state index in [1.165, 1.54) is 0 Å². The Balaban J connectivity index is 1.75. The number of carbonyl (C=O) groups is 3. The molecule has 1 aliphatic rings. The maximum absolute atomic E-state index is 12.3. The summed E-state index contributed by atoms with van der Waals surface area (Å²) in [4.78, 5) is 38.2. The van der Waals surface area contributed by atoms with Gasteiger partial charge in [-0.2, -0.15) is 0 Å². The molecule has 1 aromatic carbocycles. The van der Waals surface area contributed by atoms with Crippen LogP contribution >= 0.6 is 0 Å². The highest BCUT2D eigenvalue weighted by Crippen LogP contribution is 2.19. The minimum atomic E-state index is -0.401. The molecule has 1 saturated heterocycles. The van der Waals surface area contributed by atoms with Gasteiger partial charge in [0.15, 0.2) is 0 Å². The van der Waals surface area contributed by atoms with E-state index in [0.29, 0.717) is 37.4 Å². The summed E-state index contributed by atoms with van der Waals surface area (Å²) in [5.41, 5.74) is 0.529. The molecule has 1 heterocycles. The number of nitrogens with zero attached hydrogens (tertiary/aromatic N) is 1. The van der Waals surface area contributed by atoms with Crippen LogP contribution in [0.2, 0.25) is 0 Å². The van der Waals surface area contributed by atoms with Gasteiger partial charge in [0.2, 0.25) is 11.8 Å². The molecule has 2 N–H and O–H groups in total. The van der Waals surface area contributed by atoms with Gasteiger partial charge in [0, 0.05) is 31.1 Å². The zero-order valence-electron chi connectivity index (χ0n) is 15.6. The number of ether oxygens (including phenoxy) is 1. The minimum absolute atomic E-state index is 0.00968.